The van der Waals surface area contributed by atoms with E-state index in [1.807, 2.05) is 0 Å². The molecule has 0 heterocycles. The van der Waals surface area contributed by atoms with Crippen LogP contribution in [0.15, 0.2) is 0 Å². The predicted octanol–water partition coefficient (Wildman–Crippen LogP) is 5.91. The minimum atomic E-state index is 0.858. The maximum atomic E-state index is 2.38. The van der Waals surface area contributed by atoms with Gasteiger partial charge in [-0.25, -0.2) is 0 Å². The van der Waals surface area contributed by atoms with Crippen molar-refractivity contribution in [2.24, 2.45) is 23.7 Å². The zero-order valence-corrected chi connectivity index (χ0v) is 12.6. The molecule has 0 bridgehead atoms. The van der Waals surface area contributed by atoms with Gasteiger partial charge in [0.05, 0.1) is 0 Å². The predicted molar refractivity (Wildman–Crippen MR) is 75.7 cm³/mol. The lowest BCUT2D eigenvalue weighted by Crippen LogP contribution is -2.24. The van der Waals surface area contributed by atoms with Crippen LogP contribution in [0.4, 0.5) is 0 Å². The minimum absolute atomic E-state index is 0.858. The Hall–Kier alpha value is 0. The molecule has 0 aromatic carbocycles. The molecule has 0 aliphatic carbocycles. The van der Waals surface area contributed by atoms with Gasteiger partial charge in [-0.15, -0.1) is 0 Å². The quantitative estimate of drug-likeness (QED) is 0.458. The Balaban J connectivity index is 4.59. The maximum Gasteiger partial charge on any atom is -0.0355 e. The molecular formula is C16H34. The Morgan fingerprint density at radius 1 is 0.750 bits per heavy atom. The normalized spacial score (nSPS) is 15.8. The maximum absolute atomic E-state index is 2.38. The smallest absolute Gasteiger partial charge is 0.0355 e. The van der Waals surface area contributed by atoms with Crippen molar-refractivity contribution in [3.8, 4) is 0 Å². The van der Waals surface area contributed by atoms with Crippen LogP contribution in [-0.4, -0.2) is 0 Å². The summed E-state index contributed by atoms with van der Waals surface area (Å²) in [6.07, 6.45) is 8.34. The molecule has 0 N–H and O–H groups in total. The lowest BCUT2D eigenvalue weighted by atomic mass is 9.72. The first-order chi connectivity index (χ1) is 7.60. The van der Waals surface area contributed by atoms with Gasteiger partial charge in [0.2, 0.25) is 0 Å². The Kier molecular flexibility index (Phi) is 9.07. The molecule has 0 aliphatic heterocycles. The summed E-state index contributed by atoms with van der Waals surface area (Å²) in [6, 6.07) is 0. The van der Waals surface area contributed by atoms with Crippen LogP contribution in [0, 0.1) is 23.7 Å². The molecule has 0 aromatic heterocycles. The van der Waals surface area contributed by atoms with E-state index >= 15 is 0 Å². The standard InChI is InChI=1S/C16H34/c1-7-11-15(10-4)16(12-13(5)6)14(8-2)9-3/h13-16H,7-12H2,1-6H3. The van der Waals surface area contributed by atoms with Crippen LogP contribution in [-0.2, 0) is 0 Å². The van der Waals surface area contributed by atoms with Gasteiger partial charge in [-0.3, -0.25) is 0 Å². The molecule has 0 saturated heterocycles. The molecule has 98 valence electrons. The molecule has 0 aliphatic rings. The van der Waals surface area contributed by atoms with E-state index in [9.17, 15) is 0 Å². The molecule has 16 heavy (non-hydrogen) atoms. The summed E-state index contributed by atoms with van der Waals surface area (Å²) in [4.78, 5) is 0. The van der Waals surface area contributed by atoms with Crippen LogP contribution in [0.1, 0.15) is 80.1 Å². The second-order valence-electron chi connectivity index (χ2n) is 5.83. The van der Waals surface area contributed by atoms with Crippen molar-refractivity contribution in [2.75, 3.05) is 0 Å². The molecule has 0 radical (unpaired) electrons. The molecule has 0 spiro atoms. The topological polar surface area (TPSA) is 0 Å². The van der Waals surface area contributed by atoms with Crippen LogP contribution in [0.3, 0.4) is 0 Å². The molecule has 2 atom stereocenters. The summed E-state index contributed by atoms with van der Waals surface area (Å²) >= 11 is 0. The summed E-state index contributed by atoms with van der Waals surface area (Å²) in [5, 5.41) is 0. The van der Waals surface area contributed by atoms with E-state index < -0.39 is 0 Å². The third kappa shape index (κ3) is 5.37. The molecule has 2 unspecified atom stereocenters. The van der Waals surface area contributed by atoms with Gasteiger partial charge in [0.15, 0.2) is 0 Å². The summed E-state index contributed by atoms with van der Waals surface area (Å²) in [6.45, 7) is 14.2. The molecule has 0 fully saturated rings. The first kappa shape index (κ1) is 16.0. The number of hydrogen-bond acceptors (Lipinski definition) is 0. The fourth-order valence-electron chi connectivity index (χ4n) is 3.30. The van der Waals surface area contributed by atoms with Gasteiger partial charge in [0, 0.05) is 0 Å². The fourth-order valence-corrected chi connectivity index (χ4v) is 3.30. The first-order valence-electron chi connectivity index (χ1n) is 7.60. The highest BCUT2D eigenvalue weighted by Gasteiger charge is 2.26. The molecule has 0 heteroatoms. The molecule has 0 saturated carbocycles. The van der Waals surface area contributed by atoms with Gasteiger partial charge in [0.1, 0.15) is 0 Å². The lowest BCUT2D eigenvalue weighted by Gasteiger charge is -2.34. The first-order valence-corrected chi connectivity index (χ1v) is 7.60. The van der Waals surface area contributed by atoms with Gasteiger partial charge in [-0.2, -0.15) is 0 Å². The Morgan fingerprint density at radius 2 is 1.25 bits per heavy atom. The summed E-state index contributed by atoms with van der Waals surface area (Å²) in [5.41, 5.74) is 0. The Bertz CT molecular complexity index is 144. The second-order valence-corrected chi connectivity index (χ2v) is 5.83. The van der Waals surface area contributed by atoms with Crippen molar-refractivity contribution < 1.29 is 0 Å². The van der Waals surface area contributed by atoms with Crippen molar-refractivity contribution in [2.45, 2.75) is 80.1 Å². The van der Waals surface area contributed by atoms with E-state index in [2.05, 4.69) is 41.5 Å². The van der Waals surface area contributed by atoms with Crippen molar-refractivity contribution in [3.05, 3.63) is 0 Å². The van der Waals surface area contributed by atoms with Gasteiger partial charge >= 0.3 is 0 Å². The highest BCUT2D eigenvalue weighted by atomic mass is 14.3. The Labute approximate surface area is 104 Å². The van der Waals surface area contributed by atoms with E-state index in [4.69, 9.17) is 0 Å². The SMILES string of the molecule is CCCC(CC)C(CC(C)C)C(CC)CC. The van der Waals surface area contributed by atoms with Crippen LogP contribution < -0.4 is 0 Å². The highest BCUT2D eigenvalue weighted by Crippen LogP contribution is 2.36. The highest BCUT2D eigenvalue weighted by molar-refractivity contribution is 4.76. The summed E-state index contributed by atoms with van der Waals surface area (Å²) in [7, 11) is 0. The van der Waals surface area contributed by atoms with Gasteiger partial charge in [0.25, 0.3) is 0 Å². The number of hydrogen-bond donors (Lipinski definition) is 0. The van der Waals surface area contributed by atoms with Crippen LogP contribution in [0.2, 0.25) is 0 Å². The molecule has 0 nitrogen and oxygen atoms in total. The largest absolute Gasteiger partial charge is 0.0654 e. The summed E-state index contributed by atoms with van der Waals surface area (Å²) < 4.78 is 0. The zero-order chi connectivity index (χ0) is 12.6. The average molecular weight is 226 g/mol. The van der Waals surface area contributed by atoms with E-state index in [0.717, 1.165) is 23.7 Å². The monoisotopic (exact) mass is 226 g/mol. The van der Waals surface area contributed by atoms with E-state index in [0.29, 0.717) is 0 Å². The third-order valence-electron chi connectivity index (χ3n) is 4.19. The lowest BCUT2D eigenvalue weighted by molar-refractivity contribution is 0.166. The zero-order valence-electron chi connectivity index (χ0n) is 12.6. The molecule has 0 rings (SSSR count). The fraction of sp³-hybridized carbons (Fsp3) is 1.00. The van der Waals surface area contributed by atoms with Crippen LogP contribution in [0.5, 0.6) is 0 Å². The minimum Gasteiger partial charge on any atom is -0.0654 e. The third-order valence-corrected chi connectivity index (χ3v) is 4.19. The Morgan fingerprint density at radius 3 is 1.56 bits per heavy atom. The van der Waals surface area contributed by atoms with Crippen molar-refractivity contribution in [3.63, 3.8) is 0 Å². The molecular weight excluding hydrogens is 192 g/mol. The van der Waals surface area contributed by atoms with Crippen molar-refractivity contribution >= 4 is 0 Å². The van der Waals surface area contributed by atoms with E-state index in [1.54, 1.807) is 0 Å². The average Bonchev–Trinajstić information content (AvgIpc) is 2.25. The van der Waals surface area contributed by atoms with Gasteiger partial charge in [-0.05, 0) is 30.1 Å². The molecule has 0 aromatic rings. The van der Waals surface area contributed by atoms with Gasteiger partial charge in [-0.1, -0.05) is 73.6 Å². The van der Waals surface area contributed by atoms with Crippen molar-refractivity contribution in [1.82, 2.24) is 0 Å². The van der Waals surface area contributed by atoms with Gasteiger partial charge < -0.3 is 0 Å². The number of rotatable bonds is 9. The van der Waals surface area contributed by atoms with Crippen molar-refractivity contribution in [1.29, 1.82) is 0 Å². The van der Waals surface area contributed by atoms with E-state index in [-0.39, 0.29) is 0 Å². The van der Waals surface area contributed by atoms with Crippen LogP contribution in [0.25, 0.3) is 0 Å². The molecule has 0 amide bonds. The van der Waals surface area contributed by atoms with E-state index in [1.165, 1.54) is 38.5 Å². The van der Waals surface area contributed by atoms with Crippen LogP contribution >= 0.6 is 0 Å². The summed E-state index contributed by atoms with van der Waals surface area (Å²) in [5.74, 6) is 3.76. The second kappa shape index (κ2) is 9.07.